The second-order valence-corrected chi connectivity index (χ2v) is 7.71. The van der Waals surface area contributed by atoms with Gasteiger partial charge in [0.05, 0.1) is 12.6 Å². The fourth-order valence-electron chi connectivity index (χ4n) is 3.86. The van der Waals surface area contributed by atoms with Crippen LogP contribution in [0.2, 0.25) is 0 Å². The van der Waals surface area contributed by atoms with Crippen LogP contribution in [0.5, 0.6) is 0 Å². The van der Waals surface area contributed by atoms with Crippen molar-refractivity contribution in [3.63, 3.8) is 0 Å². The summed E-state index contributed by atoms with van der Waals surface area (Å²) in [7, 11) is 6.10. The van der Waals surface area contributed by atoms with Gasteiger partial charge in [-0.25, -0.2) is 0 Å². The third kappa shape index (κ3) is 8.79. The number of piperidine rings is 1. The Morgan fingerprint density at radius 1 is 1.15 bits per heavy atom. The molecule has 1 rings (SSSR count). The first-order chi connectivity index (χ1) is 13.1. The number of guanidine groups is 1. The van der Waals surface area contributed by atoms with Gasteiger partial charge in [0.2, 0.25) is 0 Å². The number of hydrogen-bond donors (Lipinski definition) is 1. The normalized spacial score (nSPS) is 17.8. The fourth-order valence-corrected chi connectivity index (χ4v) is 3.86. The lowest BCUT2D eigenvalue weighted by atomic mass is 9.93. The van der Waals surface area contributed by atoms with E-state index in [-0.39, 0.29) is 0 Å². The molecule has 1 aliphatic heterocycles. The molecule has 160 valence electrons. The molecule has 1 fully saturated rings. The molecule has 6 nitrogen and oxygen atoms in total. The van der Waals surface area contributed by atoms with Crippen molar-refractivity contribution in [2.45, 2.75) is 65.0 Å². The Bertz CT molecular complexity index is 392. The highest BCUT2D eigenvalue weighted by atomic mass is 16.5. The van der Waals surface area contributed by atoms with Crippen LogP contribution >= 0.6 is 0 Å². The Labute approximate surface area is 167 Å². The predicted octanol–water partition coefficient (Wildman–Crippen LogP) is 2.84. The summed E-state index contributed by atoms with van der Waals surface area (Å²) in [6, 6.07) is 0.496. The van der Waals surface area contributed by atoms with Crippen LogP contribution in [0.3, 0.4) is 0 Å². The minimum atomic E-state index is 0.375. The molecule has 27 heavy (non-hydrogen) atoms. The summed E-state index contributed by atoms with van der Waals surface area (Å²) >= 11 is 0. The molecule has 6 heteroatoms. The SMILES string of the molecule is CCNC(=NCC(C(CC)CC)N(C)C)N1CCC(OCCCOC)CC1. The number of hydrogen-bond acceptors (Lipinski definition) is 4. The van der Waals surface area contributed by atoms with E-state index in [2.05, 4.69) is 50.0 Å². The fraction of sp³-hybridized carbons (Fsp3) is 0.952. The Morgan fingerprint density at radius 2 is 1.81 bits per heavy atom. The number of nitrogens with one attached hydrogen (secondary N) is 1. The van der Waals surface area contributed by atoms with Crippen LogP contribution in [0.1, 0.15) is 52.9 Å². The number of likely N-dealkylation sites (tertiary alicyclic amines) is 1. The standard InChI is InChI=1S/C21H44N4O2/c1-7-18(8-2)20(24(4)5)17-23-21(22-9-3)25-13-11-19(12-14-25)27-16-10-15-26-6/h18-20H,7-17H2,1-6H3,(H,22,23). The molecule has 1 heterocycles. The highest BCUT2D eigenvalue weighted by Crippen LogP contribution is 2.18. The lowest BCUT2D eigenvalue weighted by Crippen LogP contribution is -2.48. The van der Waals surface area contributed by atoms with E-state index in [4.69, 9.17) is 14.5 Å². The second-order valence-electron chi connectivity index (χ2n) is 7.71. The van der Waals surface area contributed by atoms with Crippen molar-refractivity contribution >= 4 is 5.96 Å². The zero-order valence-corrected chi connectivity index (χ0v) is 18.7. The van der Waals surface area contributed by atoms with E-state index in [9.17, 15) is 0 Å². The summed E-state index contributed by atoms with van der Waals surface area (Å²) in [4.78, 5) is 9.76. The molecule has 0 bridgehead atoms. The van der Waals surface area contributed by atoms with Crippen molar-refractivity contribution in [3.05, 3.63) is 0 Å². The molecule has 1 unspecified atom stereocenters. The maximum Gasteiger partial charge on any atom is 0.193 e. The molecule has 0 amide bonds. The first-order valence-electron chi connectivity index (χ1n) is 10.9. The van der Waals surface area contributed by atoms with Crippen molar-refractivity contribution in [3.8, 4) is 0 Å². The molecule has 0 saturated carbocycles. The van der Waals surface area contributed by atoms with Crippen LogP contribution in [-0.2, 0) is 9.47 Å². The summed E-state index contributed by atoms with van der Waals surface area (Å²) in [6.07, 6.45) is 5.90. The van der Waals surface area contributed by atoms with Crippen LogP contribution in [-0.4, -0.2) is 88.5 Å². The minimum Gasteiger partial charge on any atom is -0.385 e. The molecule has 1 atom stereocenters. The minimum absolute atomic E-state index is 0.375. The number of likely N-dealkylation sites (N-methyl/N-ethyl adjacent to an activating group) is 1. The van der Waals surface area contributed by atoms with Crippen LogP contribution in [0.15, 0.2) is 4.99 Å². The van der Waals surface area contributed by atoms with Gasteiger partial charge < -0.3 is 24.6 Å². The summed E-state index contributed by atoms with van der Waals surface area (Å²) in [6.45, 7) is 12.1. The van der Waals surface area contributed by atoms with Crippen LogP contribution < -0.4 is 5.32 Å². The highest BCUT2D eigenvalue weighted by Gasteiger charge is 2.24. The average Bonchev–Trinajstić information content (AvgIpc) is 2.68. The van der Waals surface area contributed by atoms with E-state index in [1.54, 1.807) is 7.11 Å². The lowest BCUT2D eigenvalue weighted by molar-refractivity contribution is 0.00988. The molecule has 0 aromatic carbocycles. The molecular weight excluding hydrogens is 340 g/mol. The Hall–Kier alpha value is -0.850. The molecule has 1 N–H and O–H groups in total. The molecule has 0 aliphatic carbocycles. The highest BCUT2D eigenvalue weighted by molar-refractivity contribution is 5.80. The zero-order chi connectivity index (χ0) is 20.1. The van der Waals surface area contributed by atoms with Gasteiger partial charge in [-0.3, -0.25) is 4.99 Å². The van der Waals surface area contributed by atoms with Crippen molar-refractivity contribution in [2.75, 3.05) is 60.6 Å². The van der Waals surface area contributed by atoms with Gasteiger partial charge in [-0.15, -0.1) is 0 Å². The van der Waals surface area contributed by atoms with Gasteiger partial charge in [0.15, 0.2) is 5.96 Å². The maximum absolute atomic E-state index is 5.99. The number of methoxy groups -OCH3 is 1. The van der Waals surface area contributed by atoms with Gasteiger partial charge in [0, 0.05) is 46.0 Å². The second kappa shape index (κ2) is 14.2. The smallest absolute Gasteiger partial charge is 0.193 e. The van der Waals surface area contributed by atoms with E-state index < -0.39 is 0 Å². The van der Waals surface area contributed by atoms with Gasteiger partial charge in [0.1, 0.15) is 0 Å². The summed E-state index contributed by atoms with van der Waals surface area (Å²) in [5, 5.41) is 3.50. The maximum atomic E-state index is 5.99. The van der Waals surface area contributed by atoms with E-state index in [0.29, 0.717) is 18.1 Å². The molecule has 0 aromatic rings. The Kier molecular flexibility index (Phi) is 12.7. The first-order valence-corrected chi connectivity index (χ1v) is 10.9. The average molecular weight is 385 g/mol. The van der Waals surface area contributed by atoms with E-state index in [0.717, 1.165) is 64.6 Å². The molecule has 0 radical (unpaired) electrons. The van der Waals surface area contributed by atoms with Crippen LogP contribution in [0.25, 0.3) is 0 Å². The van der Waals surface area contributed by atoms with Crippen molar-refractivity contribution in [1.29, 1.82) is 0 Å². The monoisotopic (exact) mass is 384 g/mol. The summed E-state index contributed by atoms with van der Waals surface area (Å²) < 4.78 is 11.1. The summed E-state index contributed by atoms with van der Waals surface area (Å²) in [5.41, 5.74) is 0. The Morgan fingerprint density at radius 3 is 2.33 bits per heavy atom. The Balaban J connectivity index is 2.58. The number of nitrogens with zero attached hydrogens (tertiary/aromatic N) is 3. The molecule has 0 aromatic heterocycles. The first kappa shape index (κ1) is 24.2. The third-order valence-corrected chi connectivity index (χ3v) is 5.61. The number of aliphatic imine (C=N–C) groups is 1. The van der Waals surface area contributed by atoms with Gasteiger partial charge in [-0.2, -0.15) is 0 Å². The molecule has 0 spiro atoms. The zero-order valence-electron chi connectivity index (χ0n) is 18.7. The number of rotatable bonds is 12. The van der Waals surface area contributed by atoms with Crippen LogP contribution in [0.4, 0.5) is 0 Å². The topological polar surface area (TPSA) is 49.3 Å². The quantitative estimate of drug-likeness (QED) is 0.318. The van der Waals surface area contributed by atoms with Crippen molar-refractivity contribution in [1.82, 2.24) is 15.1 Å². The number of ether oxygens (including phenoxy) is 2. The van der Waals surface area contributed by atoms with Gasteiger partial charge in [0.25, 0.3) is 0 Å². The van der Waals surface area contributed by atoms with Crippen molar-refractivity contribution in [2.24, 2.45) is 10.9 Å². The van der Waals surface area contributed by atoms with E-state index >= 15 is 0 Å². The summed E-state index contributed by atoms with van der Waals surface area (Å²) in [5.74, 6) is 1.76. The van der Waals surface area contributed by atoms with Crippen LogP contribution in [0, 0.1) is 5.92 Å². The molecule has 1 aliphatic rings. The van der Waals surface area contributed by atoms with Crippen molar-refractivity contribution < 1.29 is 9.47 Å². The van der Waals surface area contributed by atoms with Gasteiger partial charge >= 0.3 is 0 Å². The van der Waals surface area contributed by atoms with E-state index in [1.807, 2.05) is 0 Å². The van der Waals surface area contributed by atoms with Gasteiger partial charge in [-0.05, 0) is 46.2 Å². The van der Waals surface area contributed by atoms with E-state index in [1.165, 1.54) is 12.8 Å². The molecular formula is C21H44N4O2. The predicted molar refractivity (Wildman–Crippen MR) is 115 cm³/mol. The molecule has 1 saturated heterocycles. The largest absolute Gasteiger partial charge is 0.385 e. The third-order valence-electron chi connectivity index (χ3n) is 5.61. The van der Waals surface area contributed by atoms with Gasteiger partial charge in [-0.1, -0.05) is 26.7 Å². The lowest BCUT2D eigenvalue weighted by Gasteiger charge is -2.35.